The summed E-state index contributed by atoms with van der Waals surface area (Å²) >= 11 is 0. The first-order valence-electron chi connectivity index (χ1n) is 10.2. The molecular weight excluding hydrogens is 328 g/mol. The van der Waals surface area contributed by atoms with E-state index >= 15 is 0 Å². The number of aromatic nitrogens is 2. The molecule has 2 aromatic rings. The van der Waals surface area contributed by atoms with Crippen molar-refractivity contribution in [2.24, 2.45) is 11.3 Å². The van der Waals surface area contributed by atoms with Gasteiger partial charge in [-0.25, -0.2) is 4.68 Å². The lowest BCUT2D eigenvalue weighted by molar-refractivity contribution is 0.225. The van der Waals surface area contributed by atoms with Crippen LogP contribution < -0.4 is 0 Å². The van der Waals surface area contributed by atoms with Gasteiger partial charge in [0, 0.05) is 0 Å². The minimum atomic E-state index is 0.233. The molecule has 0 unspecified atom stereocenters. The van der Waals surface area contributed by atoms with Crippen molar-refractivity contribution in [2.75, 3.05) is 0 Å². The Kier molecular flexibility index (Phi) is 4.90. The Bertz CT molecular complexity index is 882. The summed E-state index contributed by atoms with van der Waals surface area (Å²) in [5, 5.41) is 4.74. The lowest BCUT2D eigenvalue weighted by Gasteiger charge is -2.44. The molecule has 0 radical (unpaired) electrons. The van der Waals surface area contributed by atoms with E-state index in [2.05, 4.69) is 73.8 Å². The molecule has 27 heavy (non-hydrogen) atoms. The maximum atomic E-state index is 4.74. The van der Waals surface area contributed by atoms with Crippen LogP contribution >= 0.6 is 0 Å². The summed E-state index contributed by atoms with van der Waals surface area (Å²) in [5.74, 6) is 0.623. The number of rotatable bonds is 5. The highest BCUT2D eigenvalue weighted by atomic mass is 15.3. The molecule has 0 aliphatic heterocycles. The molecule has 2 heteroatoms. The van der Waals surface area contributed by atoms with Gasteiger partial charge < -0.3 is 0 Å². The van der Waals surface area contributed by atoms with E-state index in [1.807, 2.05) is 6.08 Å². The van der Waals surface area contributed by atoms with Crippen molar-refractivity contribution in [3.63, 3.8) is 0 Å². The molecule has 1 heterocycles. The van der Waals surface area contributed by atoms with Crippen LogP contribution in [0.4, 0.5) is 0 Å². The molecule has 0 N–H and O–H groups in total. The first kappa shape index (κ1) is 18.0. The Morgan fingerprint density at radius 3 is 2.85 bits per heavy atom. The van der Waals surface area contributed by atoms with Crippen LogP contribution in [0.1, 0.15) is 55.8 Å². The zero-order valence-corrected chi connectivity index (χ0v) is 16.6. The molecule has 0 spiro atoms. The highest BCUT2D eigenvalue weighted by molar-refractivity contribution is 5.61. The average Bonchev–Trinajstić information content (AvgIpc) is 3.06. The SMILES string of the molecule is C=CCC/C=C\[C@H]1CCCC2=Cc3c(cnn3-c3ccc(C)cc3)C[C@@]21C. The summed E-state index contributed by atoms with van der Waals surface area (Å²) in [6, 6.07) is 8.66. The number of unbranched alkanes of at least 4 members (excludes halogenated alkanes) is 1. The maximum absolute atomic E-state index is 4.74. The predicted molar refractivity (Wildman–Crippen MR) is 114 cm³/mol. The highest BCUT2D eigenvalue weighted by Gasteiger charge is 2.42. The standard InChI is InChI=1S/C25H30N2/c1-4-5-6-7-9-21-10-8-11-22-16-24-20(17-25(21,22)3)18-26-27(24)23-14-12-19(2)13-15-23/h4,7,9,12-16,18,21H,1,5-6,8,10-11,17H2,2-3H3/b9-7-/t21-,25+/m0/s1. The first-order valence-corrected chi connectivity index (χ1v) is 10.2. The van der Waals surface area contributed by atoms with E-state index < -0.39 is 0 Å². The van der Waals surface area contributed by atoms with Crippen LogP contribution in [0.5, 0.6) is 0 Å². The van der Waals surface area contributed by atoms with Gasteiger partial charge in [0.25, 0.3) is 0 Å². The molecule has 140 valence electrons. The number of hydrogen-bond donors (Lipinski definition) is 0. The lowest BCUT2D eigenvalue weighted by atomic mass is 9.59. The molecule has 1 aromatic heterocycles. The van der Waals surface area contributed by atoms with E-state index in [1.54, 1.807) is 5.57 Å². The number of allylic oxidation sites excluding steroid dienone is 4. The van der Waals surface area contributed by atoms with Gasteiger partial charge in [-0.3, -0.25) is 0 Å². The summed E-state index contributed by atoms with van der Waals surface area (Å²) < 4.78 is 2.12. The third kappa shape index (κ3) is 3.34. The highest BCUT2D eigenvalue weighted by Crippen LogP contribution is 2.51. The number of fused-ring (bicyclic) bond motifs is 2. The molecule has 2 atom stereocenters. The van der Waals surface area contributed by atoms with Gasteiger partial charge in [0.05, 0.1) is 17.6 Å². The number of aryl methyl sites for hydroxylation is 1. The first-order chi connectivity index (χ1) is 13.1. The second kappa shape index (κ2) is 7.34. The summed E-state index contributed by atoms with van der Waals surface area (Å²) in [4.78, 5) is 0. The molecule has 2 nitrogen and oxygen atoms in total. The molecule has 0 saturated heterocycles. The normalized spacial score (nSPS) is 24.4. The minimum absolute atomic E-state index is 0.233. The Morgan fingerprint density at radius 2 is 2.07 bits per heavy atom. The van der Waals surface area contributed by atoms with Gasteiger partial charge in [0.1, 0.15) is 0 Å². The van der Waals surface area contributed by atoms with Gasteiger partial charge in [-0.15, -0.1) is 6.58 Å². The summed E-state index contributed by atoms with van der Waals surface area (Å²) in [6.07, 6.45) is 18.4. The Labute approximate surface area is 163 Å². The van der Waals surface area contributed by atoms with Crippen molar-refractivity contribution < 1.29 is 0 Å². The van der Waals surface area contributed by atoms with Gasteiger partial charge >= 0.3 is 0 Å². The van der Waals surface area contributed by atoms with E-state index in [-0.39, 0.29) is 5.41 Å². The van der Waals surface area contributed by atoms with Crippen molar-refractivity contribution in [2.45, 2.75) is 52.4 Å². The number of hydrogen-bond acceptors (Lipinski definition) is 1. The van der Waals surface area contributed by atoms with Gasteiger partial charge in [-0.2, -0.15) is 5.10 Å². The van der Waals surface area contributed by atoms with Gasteiger partial charge in [-0.1, -0.05) is 48.4 Å². The van der Waals surface area contributed by atoms with Crippen LogP contribution in [0.15, 0.2) is 60.8 Å². The smallest absolute Gasteiger partial charge is 0.0700 e. The third-order valence-electron chi connectivity index (χ3n) is 6.45. The van der Waals surface area contributed by atoms with E-state index in [4.69, 9.17) is 5.10 Å². The average molecular weight is 359 g/mol. The van der Waals surface area contributed by atoms with Crippen LogP contribution in [-0.4, -0.2) is 9.78 Å². The zero-order chi connectivity index (χ0) is 18.9. The van der Waals surface area contributed by atoms with Crippen LogP contribution in [0.25, 0.3) is 11.8 Å². The molecule has 1 aromatic carbocycles. The Hall–Kier alpha value is -2.35. The molecule has 2 aliphatic carbocycles. The van der Waals surface area contributed by atoms with E-state index in [1.165, 1.54) is 36.1 Å². The van der Waals surface area contributed by atoms with E-state index in [0.717, 1.165) is 24.9 Å². The van der Waals surface area contributed by atoms with Crippen molar-refractivity contribution in [1.29, 1.82) is 0 Å². The topological polar surface area (TPSA) is 17.8 Å². The Balaban J connectivity index is 1.66. The predicted octanol–water partition coefficient (Wildman–Crippen LogP) is 6.45. The second-order valence-electron chi connectivity index (χ2n) is 8.36. The summed E-state index contributed by atoms with van der Waals surface area (Å²) in [7, 11) is 0. The minimum Gasteiger partial charge on any atom is -0.233 e. The fourth-order valence-corrected chi connectivity index (χ4v) is 4.75. The van der Waals surface area contributed by atoms with Gasteiger partial charge in [0.2, 0.25) is 0 Å². The fourth-order valence-electron chi connectivity index (χ4n) is 4.75. The van der Waals surface area contributed by atoms with E-state index in [0.29, 0.717) is 5.92 Å². The maximum Gasteiger partial charge on any atom is 0.0700 e. The molecule has 1 saturated carbocycles. The summed E-state index contributed by atoms with van der Waals surface area (Å²) in [6.45, 7) is 8.42. The van der Waals surface area contributed by atoms with Crippen molar-refractivity contribution >= 4 is 6.08 Å². The number of benzene rings is 1. The fraction of sp³-hybridized carbons (Fsp3) is 0.400. The molecule has 4 rings (SSSR count). The molecule has 0 amide bonds. The zero-order valence-electron chi connectivity index (χ0n) is 16.6. The van der Waals surface area contributed by atoms with Crippen molar-refractivity contribution in [3.8, 4) is 5.69 Å². The van der Waals surface area contributed by atoms with Crippen molar-refractivity contribution in [3.05, 3.63) is 77.7 Å². The monoisotopic (exact) mass is 358 g/mol. The third-order valence-corrected chi connectivity index (χ3v) is 6.45. The quantitative estimate of drug-likeness (QED) is 0.443. The molecule has 0 bridgehead atoms. The van der Waals surface area contributed by atoms with Crippen molar-refractivity contribution in [1.82, 2.24) is 9.78 Å². The molecule has 2 aliphatic rings. The number of nitrogens with zero attached hydrogens (tertiary/aromatic N) is 2. The molecular formula is C25H30N2. The van der Waals surface area contributed by atoms with Gasteiger partial charge in [0.15, 0.2) is 0 Å². The largest absolute Gasteiger partial charge is 0.233 e. The Morgan fingerprint density at radius 1 is 1.26 bits per heavy atom. The van der Waals surface area contributed by atoms with Crippen LogP contribution in [0, 0.1) is 18.3 Å². The lowest BCUT2D eigenvalue weighted by Crippen LogP contribution is -2.36. The second-order valence-corrected chi connectivity index (χ2v) is 8.36. The van der Waals surface area contributed by atoms with Crippen LogP contribution in [0.3, 0.4) is 0 Å². The van der Waals surface area contributed by atoms with E-state index in [9.17, 15) is 0 Å². The van der Waals surface area contributed by atoms with Crippen LogP contribution in [-0.2, 0) is 6.42 Å². The molecule has 1 fully saturated rings. The van der Waals surface area contributed by atoms with Gasteiger partial charge in [-0.05, 0) is 80.6 Å². The summed E-state index contributed by atoms with van der Waals surface area (Å²) in [5.41, 5.74) is 6.93. The van der Waals surface area contributed by atoms with Crippen LogP contribution in [0.2, 0.25) is 0 Å².